The average molecular weight is 638 g/mol. The van der Waals surface area contributed by atoms with Crippen LogP contribution in [0.1, 0.15) is 48.0 Å². The van der Waals surface area contributed by atoms with Gasteiger partial charge in [0.15, 0.2) is 4.80 Å². The summed E-state index contributed by atoms with van der Waals surface area (Å²) in [5.41, 5.74) is 6.92. The minimum absolute atomic E-state index is 0.173. The molecule has 0 aliphatic carbocycles. The van der Waals surface area contributed by atoms with Gasteiger partial charge in [0.1, 0.15) is 0 Å². The van der Waals surface area contributed by atoms with E-state index in [-0.39, 0.29) is 12.2 Å². The van der Waals surface area contributed by atoms with E-state index in [0.717, 1.165) is 33.8 Å². The van der Waals surface area contributed by atoms with E-state index in [1.165, 1.54) is 14.9 Å². The van der Waals surface area contributed by atoms with Crippen LogP contribution in [-0.4, -0.2) is 21.7 Å². The number of rotatable bonds is 5. The fourth-order valence-electron chi connectivity index (χ4n) is 4.92. The van der Waals surface area contributed by atoms with Gasteiger partial charge in [-0.1, -0.05) is 41.2 Å². The van der Waals surface area contributed by atoms with Gasteiger partial charge in [-0.15, -0.1) is 0 Å². The molecule has 2 aromatic carbocycles. The molecule has 1 aliphatic rings. The lowest BCUT2D eigenvalue weighted by molar-refractivity contribution is -0.139. The number of allylic oxidation sites excluding steroid dienone is 1. The van der Waals surface area contributed by atoms with E-state index in [1.54, 1.807) is 18.4 Å². The standard InChI is InChI=1S/C30H28IN3O3S/c1-6-37-29(36)26-19(4)32-30-34(27(26)21-9-7-17(2)8-10-21)28(35)25(38-30)16-22-15-18(3)33(20(22)5)24-13-11-23(31)12-14-24/h7-16,27H,6H2,1-5H3/b25-16-. The van der Waals surface area contributed by atoms with Crippen molar-refractivity contribution in [3.63, 3.8) is 0 Å². The highest BCUT2D eigenvalue weighted by Gasteiger charge is 2.33. The molecular weight excluding hydrogens is 609 g/mol. The van der Waals surface area contributed by atoms with Crippen molar-refractivity contribution in [3.8, 4) is 5.69 Å². The summed E-state index contributed by atoms with van der Waals surface area (Å²) in [6.45, 7) is 9.96. The van der Waals surface area contributed by atoms with Gasteiger partial charge in [-0.05, 0) is 105 Å². The molecule has 0 saturated carbocycles. The van der Waals surface area contributed by atoms with Crippen molar-refractivity contribution in [1.82, 2.24) is 9.13 Å². The second-order valence-electron chi connectivity index (χ2n) is 9.35. The summed E-state index contributed by atoms with van der Waals surface area (Å²) in [5.74, 6) is -0.449. The SMILES string of the molecule is CCOC(=O)C1=C(C)N=c2s/c(=C\c3cc(C)n(-c4ccc(I)cc4)c3C)c(=O)n2C1c1ccc(C)cc1. The van der Waals surface area contributed by atoms with Crippen molar-refractivity contribution in [2.24, 2.45) is 4.99 Å². The predicted molar refractivity (Wildman–Crippen MR) is 160 cm³/mol. The van der Waals surface area contributed by atoms with Gasteiger partial charge in [0.25, 0.3) is 5.56 Å². The summed E-state index contributed by atoms with van der Waals surface area (Å²) in [4.78, 5) is 32.2. The molecule has 0 N–H and O–H groups in total. The maximum absolute atomic E-state index is 13.9. The number of carbonyl (C=O) groups is 1. The van der Waals surface area contributed by atoms with Crippen LogP contribution in [0.15, 0.2) is 75.7 Å². The first-order valence-corrected chi connectivity index (χ1v) is 14.3. The van der Waals surface area contributed by atoms with E-state index in [2.05, 4.69) is 76.3 Å². The molecule has 194 valence electrons. The fourth-order valence-corrected chi connectivity index (χ4v) is 6.32. The molecule has 1 unspecified atom stereocenters. The minimum Gasteiger partial charge on any atom is -0.463 e. The van der Waals surface area contributed by atoms with Crippen LogP contribution in [0.25, 0.3) is 11.8 Å². The first-order valence-electron chi connectivity index (χ1n) is 12.4. The number of aromatic nitrogens is 2. The summed E-state index contributed by atoms with van der Waals surface area (Å²) >= 11 is 3.64. The number of halogens is 1. The Kier molecular flexibility index (Phi) is 7.28. The zero-order chi connectivity index (χ0) is 27.1. The molecule has 2 aromatic heterocycles. The summed E-state index contributed by atoms with van der Waals surface area (Å²) < 4.78 is 11.0. The Morgan fingerprint density at radius 3 is 2.42 bits per heavy atom. The summed E-state index contributed by atoms with van der Waals surface area (Å²) in [6.07, 6.45) is 1.94. The van der Waals surface area contributed by atoms with Crippen molar-refractivity contribution in [2.75, 3.05) is 6.61 Å². The first kappa shape index (κ1) is 26.4. The van der Waals surface area contributed by atoms with Crippen LogP contribution in [0.3, 0.4) is 0 Å². The van der Waals surface area contributed by atoms with E-state index in [4.69, 9.17) is 4.74 Å². The lowest BCUT2D eigenvalue weighted by atomic mass is 9.95. The number of thiazole rings is 1. The molecule has 38 heavy (non-hydrogen) atoms. The Morgan fingerprint density at radius 2 is 1.76 bits per heavy atom. The third kappa shape index (κ3) is 4.71. The number of esters is 1. The zero-order valence-corrected chi connectivity index (χ0v) is 24.9. The molecule has 8 heteroatoms. The Labute approximate surface area is 238 Å². The summed E-state index contributed by atoms with van der Waals surface area (Å²) in [6, 6.07) is 17.8. The maximum Gasteiger partial charge on any atom is 0.338 e. The van der Waals surface area contributed by atoms with Gasteiger partial charge >= 0.3 is 5.97 Å². The monoisotopic (exact) mass is 637 g/mol. The Bertz CT molecular complexity index is 1760. The van der Waals surface area contributed by atoms with Crippen LogP contribution in [-0.2, 0) is 9.53 Å². The molecule has 6 nitrogen and oxygen atoms in total. The summed E-state index contributed by atoms with van der Waals surface area (Å²) in [5, 5.41) is 0. The predicted octanol–water partition coefficient (Wildman–Crippen LogP) is 5.12. The van der Waals surface area contributed by atoms with E-state index >= 15 is 0 Å². The van der Waals surface area contributed by atoms with Crippen molar-refractivity contribution in [3.05, 3.63) is 117 Å². The number of nitrogens with zero attached hydrogens (tertiary/aromatic N) is 3. The smallest absolute Gasteiger partial charge is 0.338 e. The van der Waals surface area contributed by atoms with Crippen molar-refractivity contribution >= 4 is 46.0 Å². The van der Waals surface area contributed by atoms with Crippen LogP contribution in [0.4, 0.5) is 0 Å². The van der Waals surface area contributed by atoms with Crippen LogP contribution in [0, 0.1) is 24.3 Å². The molecular formula is C30H28IN3O3S. The third-order valence-corrected chi connectivity index (χ3v) is 8.45. The lowest BCUT2D eigenvalue weighted by Gasteiger charge is -2.24. The summed E-state index contributed by atoms with van der Waals surface area (Å²) in [7, 11) is 0. The number of carbonyl (C=O) groups excluding carboxylic acids is 1. The number of benzene rings is 2. The maximum atomic E-state index is 13.9. The van der Waals surface area contributed by atoms with Crippen molar-refractivity contribution < 1.29 is 9.53 Å². The van der Waals surface area contributed by atoms with Gasteiger partial charge < -0.3 is 9.30 Å². The zero-order valence-electron chi connectivity index (χ0n) is 21.9. The molecule has 1 atom stereocenters. The highest BCUT2D eigenvalue weighted by Crippen LogP contribution is 2.31. The Hall–Kier alpha value is -3.24. The third-order valence-electron chi connectivity index (χ3n) is 6.75. The molecule has 1 aliphatic heterocycles. The number of hydrogen-bond donors (Lipinski definition) is 0. The number of fused-ring (bicyclic) bond motifs is 1. The lowest BCUT2D eigenvalue weighted by Crippen LogP contribution is -2.39. The van der Waals surface area contributed by atoms with E-state index in [9.17, 15) is 9.59 Å². The molecule has 0 radical (unpaired) electrons. The quantitative estimate of drug-likeness (QED) is 0.226. The van der Waals surface area contributed by atoms with Crippen molar-refractivity contribution in [1.29, 1.82) is 0 Å². The van der Waals surface area contributed by atoms with Gasteiger partial charge in [-0.25, -0.2) is 9.79 Å². The molecule has 3 heterocycles. The Balaban J connectivity index is 1.68. The molecule has 0 spiro atoms. The molecule has 4 aromatic rings. The highest BCUT2D eigenvalue weighted by atomic mass is 127. The molecule has 5 rings (SSSR count). The van der Waals surface area contributed by atoms with Gasteiger partial charge in [0, 0.05) is 20.6 Å². The number of aryl methyl sites for hydroxylation is 2. The average Bonchev–Trinajstić information content (AvgIpc) is 3.34. The van der Waals surface area contributed by atoms with Crippen molar-refractivity contribution in [2.45, 2.75) is 40.7 Å². The van der Waals surface area contributed by atoms with Gasteiger partial charge in [0.05, 0.1) is 28.5 Å². The highest BCUT2D eigenvalue weighted by molar-refractivity contribution is 14.1. The first-order chi connectivity index (χ1) is 18.2. The second-order valence-corrected chi connectivity index (χ2v) is 11.6. The Morgan fingerprint density at radius 1 is 1.08 bits per heavy atom. The van der Waals surface area contributed by atoms with E-state index in [1.807, 2.05) is 37.3 Å². The van der Waals surface area contributed by atoms with Gasteiger partial charge in [-0.2, -0.15) is 0 Å². The largest absolute Gasteiger partial charge is 0.463 e. The molecule has 0 fully saturated rings. The van der Waals surface area contributed by atoms with Crippen LogP contribution >= 0.6 is 33.9 Å². The number of hydrogen-bond acceptors (Lipinski definition) is 5. The molecule has 0 saturated heterocycles. The van der Waals surface area contributed by atoms with Gasteiger partial charge in [0.2, 0.25) is 0 Å². The van der Waals surface area contributed by atoms with Gasteiger partial charge in [-0.3, -0.25) is 9.36 Å². The fraction of sp³-hybridized carbons (Fsp3) is 0.233. The number of ether oxygens (including phenoxy) is 1. The molecule has 0 amide bonds. The minimum atomic E-state index is -0.604. The van der Waals surface area contributed by atoms with E-state index in [0.29, 0.717) is 20.6 Å². The topological polar surface area (TPSA) is 65.6 Å². The molecule has 0 bridgehead atoms. The van der Waals surface area contributed by atoms with Crippen LogP contribution in [0.2, 0.25) is 0 Å². The van der Waals surface area contributed by atoms with E-state index < -0.39 is 12.0 Å². The normalized spacial score (nSPS) is 15.4. The van der Waals surface area contributed by atoms with Crippen LogP contribution < -0.4 is 14.9 Å². The van der Waals surface area contributed by atoms with Crippen LogP contribution in [0.5, 0.6) is 0 Å². The second kappa shape index (κ2) is 10.5.